The van der Waals surface area contributed by atoms with Crippen molar-refractivity contribution in [2.24, 2.45) is 0 Å². The van der Waals surface area contributed by atoms with Gasteiger partial charge < -0.3 is 0 Å². The molecule has 2 aromatic heterocycles. The number of hydrogen-bond donors (Lipinski definition) is 0. The first-order chi connectivity index (χ1) is 6.90. The van der Waals surface area contributed by atoms with E-state index in [9.17, 15) is 0 Å². The van der Waals surface area contributed by atoms with Gasteiger partial charge in [-0.1, -0.05) is 6.07 Å². The molecule has 0 aliphatic rings. The minimum absolute atomic E-state index is 0.619. The van der Waals surface area contributed by atoms with Gasteiger partial charge in [0, 0.05) is 18.3 Å². The molecule has 4 heteroatoms. The number of pyridine rings is 1. The molecule has 0 amide bonds. The Morgan fingerprint density at radius 3 is 3.00 bits per heavy atom. The first-order valence-corrected chi connectivity index (χ1v) is 4.94. The van der Waals surface area contributed by atoms with Crippen molar-refractivity contribution in [3.63, 3.8) is 0 Å². The Morgan fingerprint density at radius 1 is 1.36 bits per heavy atom. The molecule has 0 saturated heterocycles. The largest absolute Gasteiger partial charge is 0.237 e. The summed E-state index contributed by atoms with van der Waals surface area (Å²) in [5, 5.41) is 4.20. The third kappa shape index (κ3) is 1.93. The van der Waals surface area contributed by atoms with E-state index in [1.54, 1.807) is 10.9 Å². The lowest BCUT2D eigenvalue weighted by Gasteiger charge is -1.97. The van der Waals surface area contributed by atoms with E-state index in [0.29, 0.717) is 5.88 Å². The predicted octanol–water partition coefficient (Wildman–Crippen LogP) is 2.05. The topological polar surface area (TPSA) is 30.7 Å². The lowest BCUT2D eigenvalue weighted by atomic mass is 10.3. The van der Waals surface area contributed by atoms with E-state index in [2.05, 4.69) is 10.1 Å². The molecule has 3 nitrogen and oxygen atoms in total. The number of rotatable bonds is 3. The Morgan fingerprint density at radius 2 is 2.29 bits per heavy atom. The van der Waals surface area contributed by atoms with Crippen molar-refractivity contribution in [1.82, 2.24) is 14.8 Å². The van der Waals surface area contributed by atoms with Crippen molar-refractivity contribution < 1.29 is 0 Å². The first-order valence-electron chi connectivity index (χ1n) is 4.41. The molecule has 72 valence electrons. The maximum atomic E-state index is 5.64. The second kappa shape index (κ2) is 4.24. The molecule has 14 heavy (non-hydrogen) atoms. The fourth-order valence-corrected chi connectivity index (χ4v) is 1.43. The number of nitrogens with zero attached hydrogens (tertiary/aromatic N) is 3. The molecule has 0 atom stereocenters. The Kier molecular flexibility index (Phi) is 2.79. The minimum atomic E-state index is 0.619. The highest BCUT2D eigenvalue weighted by atomic mass is 35.5. The van der Waals surface area contributed by atoms with E-state index in [1.165, 1.54) is 0 Å². The van der Waals surface area contributed by atoms with Crippen molar-refractivity contribution >= 4 is 11.6 Å². The molecule has 0 aliphatic carbocycles. The van der Waals surface area contributed by atoms with Gasteiger partial charge in [-0.25, -0.2) is 9.67 Å². The number of aromatic nitrogens is 3. The molecule has 2 rings (SSSR count). The van der Waals surface area contributed by atoms with Crippen LogP contribution in [0.5, 0.6) is 0 Å². The van der Waals surface area contributed by atoms with Crippen molar-refractivity contribution in [1.29, 1.82) is 0 Å². The van der Waals surface area contributed by atoms with Crippen LogP contribution in [0.1, 0.15) is 5.56 Å². The summed E-state index contributed by atoms with van der Waals surface area (Å²) < 4.78 is 1.75. The zero-order valence-corrected chi connectivity index (χ0v) is 8.35. The first kappa shape index (κ1) is 9.21. The van der Waals surface area contributed by atoms with Crippen LogP contribution in [-0.2, 0) is 6.42 Å². The molecule has 0 fully saturated rings. The standard InChI is InChI=1S/C10H10ClN3/c11-5-4-9-7-13-14(8-9)10-3-1-2-6-12-10/h1-3,6-8H,4-5H2. The highest BCUT2D eigenvalue weighted by molar-refractivity contribution is 6.17. The highest BCUT2D eigenvalue weighted by Gasteiger charge is 1.99. The summed E-state index contributed by atoms with van der Waals surface area (Å²) in [6.45, 7) is 0. The number of aryl methyl sites for hydroxylation is 1. The second-order valence-electron chi connectivity index (χ2n) is 2.92. The molecule has 0 bridgehead atoms. The summed E-state index contributed by atoms with van der Waals surface area (Å²) in [5.41, 5.74) is 1.13. The summed E-state index contributed by atoms with van der Waals surface area (Å²) in [6.07, 6.45) is 6.36. The van der Waals surface area contributed by atoms with Crippen LogP contribution in [0, 0.1) is 0 Å². The molecule has 0 saturated carbocycles. The van der Waals surface area contributed by atoms with Gasteiger partial charge in [-0.15, -0.1) is 11.6 Å². The van der Waals surface area contributed by atoms with Crippen LogP contribution in [0.4, 0.5) is 0 Å². The Labute approximate surface area is 87.3 Å². The summed E-state index contributed by atoms with van der Waals surface area (Å²) >= 11 is 5.64. The number of alkyl halides is 1. The molecule has 0 N–H and O–H groups in total. The third-order valence-electron chi connectivity index (χ3n) is 1.90. The SMILES string of the molecule is ClCCc1cnn(-c2ccccn2)c1. The minimum Gasteiger partial charge on any atom is -0.237 e. The smallest absolute Gasteiger partial charge is 0.153 e. The van der Waals surface area contributed by atoms with Crippen molar-refractivity contribution in [2.45, 2.75) is 6.42 Å². The van der Waals surface area contributed by atoms with E-state index >= 15 is 0 Å². The molecular weight excluding hydrogens is 198 g/mol. The van der Waals surface area contributed by atoms with Crippen molar-refractivity contribution in [3.05, 3.63) is 42.4 Å². The molecule has 0 unspecified atom stereocenters. The summed E-state index contributed by atoms with van der Waals surface area (Å²) in [5.74, 6) is 1.45. The monoisotopic (exact) mass is 207 g/mol. The van der Waals surface area contributed by atoms with Gasteiger partial charge >= 0.3 is 0 Å². The van der Waals surface area contributed by atoms with E-state index in [1.807, 2.05) is 30.6 Å². The van der Waals surface area contributed by atoms with Crippen LogP contribution in [0.15, 0.2) is 36.8 Å². The molecule has 0 aliphatic heterocycles. The highest BCUT2D eigenvalue weighted by Crippen LogP contribution is 2.05. The van der Waals surface area contributed by atoms with Crippen LogP contribution in [0.25, 0.3) is 5.82 Å². The number of hydrogen-bond acceptors (Lipinski definition) is 2. The Hall–Kier alpha value is -1.35. The van der Waals surface area contributed by atoms with Crippen LogP contribution < -0.4 is 0 Å². The third-order valence-corrected chi connectivity index (χ3v) is 2.09. The van der Waals surface area contributed by atoms with E-state index in [4.69, 9.17) is 11.6 Å². The molecule has 0 radical (unpaired) electrons. The van der Waals surface area contributed by atoms with Crippen LogP contribution >= 0.6 is 11.6 Å². The average molecular weight is 208 g/mol. The summed E-state index contributed by atoms with van der Waals surface area (Å²) in [4.78, 5) is 4.19. The lowest BCUT2D eigenvalue weighted by molar-refractivity contribution is 0.846. The van der Waals surface area contributed by atoms with Gasteiger partial charge in [-0.05, 0) is 24.1 Å². The molecule has 2 aromatic rings. The van der Waals surface area contributed by atoms with Gasteiger partial charge in [0.2, 0.25) is 0 Å². The van der Waals surface area contributed by atoms with Gasteiger partial charge in [-0.3, -0.25) is 0 Å². The lowest BCUT2D eigenvalue weighted by Crippen LogP contribution is -1.96. The van der Waals surface area contributed by atoms with Gasteiger partial charge in [-0.2, -0.15) is 5.10 Å². The van der Waals surface area contributed by atoms with Gasteiger partial charge in [0.05, 0.1) is 6.20 Å². The molecular formula is C10H10ClN3. The predicted molar refractivity (Wildman–Crippen MR) is 55.8 cm³/mol. The summed E-state index contributed by atoms with van der Waals surface area (Å²) in [7, 11) is 0. The van der Waals surface area contributed by atoms with Gasteiger partial charge in [0.1, 0.15) is 0 Å². The zero-order chi connectivity index (χ0) is 9.80. The summed E-state index contributed by atoms with van der Waals surface area (Å²) in [6, 6.07) is 5.73. The second-order valence-corrected chi connectivity index (χ2v) is 3.30. The van der Waals surface area contributed by atoms with Crippen LogP contribution in [0.2, 0.25) is 0 Å². The maximum Gasteiger partial charge on any atom is 0.153 e. The fraction of sp³-hybridized carbons (Fsp3) is 0.200. The quantitative estimate of drug-likeness (QED) is 0.722. The Balaban J connectivity index is 2.25. The normalized spacial score (nSPS) is 10.4. The van der Waals surface area contributed by atoms with Crippen LogP contribution in [-0.4, -0.2) is 20.6 Å². The van der Waals surface area contributed by atoms with Crippen molar-refractivity contribution in [3.8, 4) is 5.82 Å². The van der Waals surface area contributed by atoms with Gasteiger partial charge in [0.15, 0.2) is 5.82 Å². The number of halogens is 1. The average Bonchev–Trinajstić information content (AvgIpc) is 2.68. The maximum absolute atomic E-state index is 5.64. The molecule has 0 spiro atoms. The van der Waals surface area contributed by atoms with E-state index in [-0.39, 0.29) is 0 Å². The molecule has 0 aromatic carbocycles. The van der Waals surface area contributed by atoms with E-state index in [0.717, 1.165) is 17.8 Å². The van der Waals surface area contributed by atoms with Crippen molar-refractivity contribution in [2.75, 3.05) is 5.88 Å². The zero-order valence-electron chi connectivity index (χ0n) is 7.60. The van der Waals surface area contributed by atoms with Gasteiger partial charge in [0.25, 0.3) is 0 Å². The van der Waals surface area contributed by atoms with E-state index < -0.39 is 0 Å². The fourth-order valence-electron chi connectivity index (χ4n) is 1.21. The van der Waals surface area contributed by atoms with Crippen LogP contribution in [0.3, 0.4) is 0 Å². The Bertz CT molecular complexity index is 397. The molecule has 2 heterocycles.